The van der Waals surface area contributed by atoms with E-state index in [2.05, 4.69) is 9.97 Å². The first-order chi connectivity index (χ1) is 8.25. The zero-order valence-electron chi connectivity index (χ0n) is 10.1. The summed E-state index contributed by atoms with van der Waals surface area (Å²) in [6.45, 7) is 0. The third-order valence-corrected chi connectivity index (χ3v) is 2.69. The maximum Gasteiger partial charge on any atom is 0.405 e. The van der Waals surface area contributed by atoms with Gasteiger partial charge in [-0.05, 0) is 0 Å². The Morgan fingerprint density at radius 3 is 1.67 bits per heavy atom. The molecule has 2 radical (unpaired) electrons. The quantitative estimate of drug-likeness (QED) is 0.665. The summed E-state index contributed by atoms with van der Waals surface area (Å²) in [5.41, 5.74) is 0. The number of rotatable bonds is 2. The summed E-state index contributed by atoms with van der Waals surface area (Å²) in [4.78, 5) is 12.5. The summed E-state index contributed by atoms with van der Waals surface area (Å²) in [5.74, 6) is 1.75. The number of aryl methyl sites for hydroxylation is 2. The van der Waals surface area contributed by atoms with Crippen LogP contribution in [0.15, 0.2) is 37.2 Å². The van der Waals surface area contributed by atoms with E-state index in [4.69, 9.17) is 0 Å². The van der Waals surface area contributed by atoms with Crippen LogP contribution < -0.4 is 9.62 Å². The Morgan fingerprint density at radius 1 is 0.889 bits per heavy atom. The van der Waals surface area contributed by atoms with E-state index in [1.807, 2.05) is 65.2 Å². The van der Waals surface area contributed by atoms with Gasteiger partial charge in [0.1, 0.15) is 0 Å². The summed E-state index contributed by atoms with van der Waals surface area (Å²) in [6, 6.07) is 0. The molecule has 3 rings (SSSR count). The van der Waals surface area contributed by atoms with Gasteiger partial charge < -0.3 is 18.8 Å². The summed E-state index contributed by atoms with van der Waals surface area (Å²) in [6.07, 6.45) is 11.3. The van der Waals surface area contributed by atoms with E-state index in [1.165, 1.54) is 0 Å². The van der Waals surface area contributed by atoms with Crippen LogP contribution in [0.5, 0.6) is 0 Å². The van der Waals surface area contributed by atoms with Crippen molar-refractivity contribution in [3.05, 3.63) is 37.2 Å². The largest absolute Gasteiger partial charge is 0.405 e. The molecule has 2 aromatic rings. The maximum absolute atomic E-state index is 4.29. The molecule has 0 bridgehead atoms. The molecule has 0 spiro atoms. The van der Waals surface area contributed by atoms with Gasteiger partial charge in [-0.3, -0.25) is 0 Å². The molecule has 94 valence electrons. The monoisotopic (exact) mass is 420 g/mol. The molecule has 0 N–H and O–H groups in total. The number of nitrogens with zero attached hydrogens (tertiary/aromatic N) is 6. The van der Waals surface area contributed by atoms with Crippen molar-refractivity contribution in [3.63, 3.8) is 0 Å². The van der Waals surface area contributed by atoms with Crippen LogP contribution in [0.1, 0.15) is 0 Å². The Kier molecular flexibility index (Phi) is 3.59. The number of anilines is 2. The van der Waals surface area contributed by atoms with Crippen molar-refractivity contribution >= 4 is 19.4 Å². The van der Waals surface area contributed by atoms with Crippen molar-refractivity contribution in [1.82, 2.24) is 19.1 Å². The van der Waals surface area contributed by atoms with Crippen molar-refractivity contribution in [2.75, 3.05) is 9.62 Å². The van der Waals surface area contributed by atoms with E-state index >= 15 is 0 Å². The van der Waals surface area contributed by atoms with Crippen LogP contribution >= 0.6 is 0 Å². The molecule has 0 unspecified atom stereocenters. The van der Waals surface area contributed by atoms with Crippen molar-refractivity contribution in [2.24, 2.45) is 14.1 Å². The molecular weight excluding hydrogens is 407 g/mol. The van der Waals surface area contributed by atoms with E-state index in [9.17, 15) is 0 Å². The molecule has 2 aromatic heterocycles. The normalized spacial score (nSPS) is 13.7. The van der Waals surface area contributed by atoms with E-state index < -0.39 is 0 Å². The molecule has 8 heteroatoms. The van der Waals surface area contributed by atoms with Crippen molar-refractivity contribution in [3.8, 4) is 0 Å². The standard InChI is InChI=1S/C10H12BN6.Ir/c1-14-5-3-12-9(14)16-7-8-17(11-16)10-13-4-6-15(10)2;/h3-8H,1-2H3;. The Hall–Kier alpha value is -1.53. The first-order valence-electron chi connectivity index (χ1n) is 5.30. The maximum atomic E-state index is 4.29. The first-order valence-corrected chi connectivity index (χ1v) is 5.30. The molecule has 0 saturated heterocycles. The smallest absolute Gasteiger partial charge is 0.343 e. The van der Waals surface area contributed by atoms with Crippen LogP contribution in [0.4, 0.5) is 11.9 Å². The molecule has 0 atom stereocenters. The molecule has 0 aromatic carbocycles. The zero-order valence-corrected chi connectivity index (χ0v) is 12.5. The van der Waals surface area contributed by atoms with Gasteiger partial charge in [0.2, 0.25) is 0 Å². The number of imidazole rings is 2. The van der Waals surface area contributed by atoms with Crippen LogP contribution in [-0.2, 0) is 34.2 Å². The number of hydrogen-bond acceptors (Lipinski definition) is 4. The Balaban J connectivity index is 0.00000120. The van der Waals surface area contributed by atoms with Gasteiger partial charge in [-0.1, -0.05) is 0 Å². The molecule has 1 aliphatic heterocycles. The van der Waals surface area contributed by atoms with Crippen molar-refractivity contribution in [2.45, 2.75) is 0 Å². The first kappa shape index (κ1) is 12.9. The fourth-order valence-corrected chi connectivity index (χ4v) is 1.80. The van der Waals surface area contributed by atoms with Crippen molar-refractivity contribution < 1.29 is 20.1 Å². The Labute approximate surface area is 120 Å². The number of hydrogen-bond donors (Lipinski definition) is 0. The number of aromatic nitrogens is 4. The summed E-state index contributed by atoms with van der Waals surface area (Å²) >= 11 is 0. The molecule has 18 heavy (non-hydrogen) atoms. The van der Waals surface area contributed by atoms with Gasteiger partial charge >= 0.3 is 7.55 Å². The zero-order chi connectivity index (χ0) is 11.8. The molecule has 3 heterocycles. The minimum atomic E-state index is 0. The van der Waals surface area contributed by atoms with E-state index in [0.29, 0.717) is 0 Å². The van der Waals surface area contributed by atoms with Crippen LogP contribution in [0, 0.1) is 0 Å². The summed E-state index contributed by atoms with van der Waals surface area (Å²) in [5, 5.41) is 0. The molecule has 1 aliphatic rings. The third kappa shape index (κ3) is 2.09. The molecule has 0 aliphatic carbocycles. The molecule has 0 saturated carbocycles. The van der Waals surface area contributed by atoms with Gasteiger partial charge in [0.15, 0.2) is 11.9 Å². The average molecular weight is 419 g/mol. The summed E-state index contributed by atoms with van der Waals surface area (Å²) in [7, 11) is 5.88. The van der Waals surface area contributed by atoms with Gasteiger partial charge in [-0.15, -0.1) is 0 Å². The molecule has 6 nitrogen and oxygen atoms in total. The fourth-order valence-electron chi connectivity index (χ4n) is 1.80. The van der Waals surface area contributed by atoms with Gasteiger partial charge in [-0.2, -0.15) is 0 Å². The van der Waals surface area contributed by atoms with E-state index in [1.54, 1.807) is 12.4 Å². The second kappa shape index (κ2) is 5.00. The average Bonchev–Trinajstić information content (AvgIpc) is 2.97. The van der Waals surface area contributed by atoms with Gasteiger partial charge in [0.25, 0.3) is 0 Å². The van der Waals surface area contributed by atoms with Crippen LogP contribution in [0.2, 0.25) is 0 Å². The Bertz CT molecular complexity index is 514. The Morgan fingerprint density at radius 2 is 1.33 bits per heavy atom. The van der Waals surface area contributed by atoms with E-state index in [0.717, 1.165) is 11.9 Å². The van der Waals surface area contributed by atoms with Gasteiger partial charge in [0.05, 0.1) is 0 Å². The second-order valence-electron chi connectivity index (χ2n) is 3.90. The summed E-state index contributed by atoms with van der Waals surface area (Å²) < 4.78 is 3.92. The van der Waals surface area contributed by atoms with E-state index in [-0.39, 0.29) is 20.1 Å². The van der Waals surface area contributed by atoms with Gasteiger partial charge in [0, 0.05) is 71.4 Å². The SMILES string of the molecule is Cn1ccnc1N1[B]N(c2nccn2C)C=C1.[Ir]. The minimum absolute atomic E-state index is 0. The third-order valence-electron chi connectivity index (χ3n) is 2.69. The predicted molar refractivity (Wildman–Crippen MR) is 66.3 cm³/mol. The second-order valence-corrected chi connectivity index (χ2v) is 3.90. The fraction of sp³-hybridized carbons (Fsp3) is 0.200. The van der Waals surface area contributed by atoms with Crippen LogP contribution in [-0.4, -0.2) is 26.7 Å². The molecule has 0 fully saturated rings. The van der Waals surface area contributed by atoms with Crippen LogP contribution in [0.25, 0.3) is 0 Å². The topological polar surface area (TPSA) is 42.1 Å². The molecular formula is C10H12BIrN6. The van der Waals surface area contributed by atoms with Crippen LogP contribution in [0.3, 0.4) is 0 Å². The predicted octanol–water partition coefficient (Wildman–Crippen LogP) is 0.483. The minimum Gasteiger partial charge on any atom is -0.343 e. The van der Waals surface area contributed by atoms with Gasteiger partial charge in [-0.25, -0.2) is 9.97 Å². The molecule has 0 amide bonds. The van der Waals surface area contributed by atoms with Crippen molar-refractivity contribution in [1.29, 1.82) is 0 Å².